The van der Waals surface area contributed by atoms with Crippen molar-refractivity contribution >= 4 is 0 Å². The molecule has 15 heavy (non-hydrogen) atoms. The van der Waals surface area contributed by atoms with E-state index in [1.807, 2.05) is 13.0 Å². The first-order valence-electron chi connectivity index (χ1n) is 5.77. The van der Waals surface area contributed by atoms with Crippen molar-refractivity contribution in [2.75, 3.05) is 6.54 Å². The summed E-state index contributed by atoms with van der Waals surface area (Å²) in [4.78, 5) is 2.36. The third-order valence-electron chi connectivity index (χ3n) is 3.27. The number of rotatable bonds is 4. The van der Waals surface area contributed by atoms with Crippen LogP contribution in [0.15, 0.2) is 30.3 Å². The highest BCUT2D eigenvalue weighted by molar-refractivity contribution is 5.15. The van der Waals surface area contributed by atoms with E-state index in [9.17, 15) is 5.11 Å². The van der Waals surface area contributed by atoms with E-state index in [0.29, 0.717) is 6.04 Å². The zero-order chi connectivity index (χ0) is 10.7. The van der Waals surface area contributed by atoms with Crippen LogP contribution < -0.4 is 0 Å². The standard InChI is InChI=1S/C13H19NO/c1-2-13(15)12-8-9-14(12)10-11-6-4-3-5-7-11/h3-7,12-13,15H,2,8-10H2,1H3. The lowest BCUT2D eigenvalue weighted by Gasteiger charge is -2.43. The molecule has 2 atom stereocenters. The SMILES string of the molecule is CCC(O)C1CCN1Cc1ccccc1. The van der Waals surface area contributed by atoms with Crippen molar-refractivity contribution in [2.24, 2.45) is 0 Å². The normalized spacial score (nSPS) is 23.5. The summed E-state index contributed by atoms with van der Waals surface area (Å²) in [6.45, 7) is 4.14. The van der Waals surface area contributed by atoms with E-state index in [0.717, 1.165) is 25.9 Å². The Labute approximate surface area is 91.5 Å². The van der Waals surface area contributed by atoms with Crippen molar-refractivity contribution in [3.8, 4) is 0 Å². The van der Waals surface area contributed by atoms with Crippen LogP contribution in [0.2, 0.25) is 0 Å². The molecule has 0 radical (unpaired) electrons. The number of hydrogen-bond acceptors (Lipinski definition) is 2. The van der Waals surface area contributed by atoms with Crippen LogP contribution in [0.25, 0.3) is 0 Å². The predicted octanol–water partition coefficient (Wildman–Crippen LogP) is 2.03. The number of aliphatic hydroxyl groups is 1. The first kappa shape index (κ1) is 10.7. The zero-order valence-electron chi connectivity index (χ0n) is 9.26. The van der Waals surface area contributed by atoms with Gasteiger partial charge in [-0.2, -0.15) is 0 Å². The van der Waals surface area contributed by atoms with Gasteiger partial charge in [0.1, 0.15) is 0 Å². The minimum atomic E-state index is -0.150. The van der Waals surface area contributed by atoms with Gasteiger partial charge in [0.05, 0.1) is 6.10 Å². The summed E-state index contributed by atoms with van der Waals surface area (Å²) >= 11 is 0. The molecule has 0 aliphatic carbocycles. The molecule has 1 heterocycles. The van der Waals surface area contributed by atoms with Crippen LogP contribution in [-0.4, -0.2) is 28.7 Å². The van der Waals surface area contributed by atoms with E-state index < -0.39 is 0 Å². The molecule has 0 spiro atoms. The lowest BCUT2D eigenvalue weighted by atomic mass is 9.95. The second-order valence-electron chi connectivity index (χ2n) is 4.29. The smallest absolute Gasteiger partial charge is 0.0693 e. The first-order valence-corrected chi connectivity index (χ1v) is 5.77. The van der Waals surface area contributed by atoms with Gasteiger partial charge in [0, 0.05) is 19.1 Å². The van der Waals surface area contributed by atoms with Gasteiger partial charge in [0.2, 0.25) is 0 Å². The Morgan fingerprint density at radius 3 is 2.67 bits per heavy atom. The summed E-state index contributed by atoms with van der Waals surface area (Å²) in [6, 6.07) is 10.9. The third-order valence-corrected chi connectivity index (χ3v) is 3.27. The largest absolute Gasteiger partial charge is 0.392 e. The monoisotopic (exact) mass is 205 g/mol. The van der Waals surface area contributed by atoms with Gasteiger partial charge in [0.15, 0.2) is 0 Å². The summed E-state index contributed by atoms with van der Waals surface area (Å²) < 4.78 is 0. The van der Waals surface area contributed by atoms with Crippen LogP contribution in [0, 0.1) is 0 Å². The molecule has 0 bridgehead atoms. The molecular formula is C13H19NO. The predicted molar refractivity (Wildman–Crippen MR) is 61.6 cm³/mol. The number of benzene rings is 1. The van der Waals surface area contributed by atoms with E-state index in [-0.39, 0.29) is 6.10 Å². The average molecular weight is 205 g/mol. The molecule has 2 unspecified atom stereocenters. The molecule has 0 saturated carbocycles. The molecule has 0 amide bonds. The molecule has 1 saturated heterocycles. The Bertz CT molecular complexity index is 299. The lowest BCUT2D eigenvalue weighted by molar-refractivity contribution is -0.0209. The molecule has 1 aromatic rings. The number of aliphatic hydroxyl groups excluding tert-OH is 1. The van der Waals surface area contributed by atoms with Gasteiger partial charge in [-0.25, -0.2) is 0 Å². The van der Waals surface area contributed by atoms with Gasteiger partial charge in [-0.3, -0.25) is 4.90 Å². The van der Waals surface area contributed by atoms with Crippen molar-refractivity contribution in [2.45, 2.75) is 38.5 Å². The molecular weight excluding hydrogens is 186 g/mol. The van der Waals surface area contributed by atoms with E-state index >= 15 is 0 Å². The maximum absolute atomic E-state index is 9.78. The van der Waals surface area contributed by atoms with Crippen LogP contribution in [-0.2, 0) is 6.54 Å². The molecule has 1 aromatic carbocycles. The zero-order valence-corrected chi connectivity index (χ0v) is 9.26. The molecule has 0 aromatic heterocycles. The molecule has 82 valence electrons. The van der Waals surface area contributed by atoms with Crippen molar-refractivity contribution in [3.63, 3.8) is 0 Å². The van der Waals surface area contributed by atoms with Gasteiger partial charge < -0.3 is 5.11 Å². The van der Waals surface area contributed by atoms with Gasteiger partial charge in [-0.05, 0) is 18.4 Å². The van der Waals surface area contributed by atoms with Crippen LogP contribution in [0.1, 0.15) is 25.3 Å². The first-order chi connectivity index (χ1) is 7.31. The summed E-state index contributed by atoms with van der Waals surface area (Å²) in [5.74, 6) is 0. The van der Waals surface area contributed by atoms with E-state index in [1.165, 1.54) is 5.56 Å². The highest BCUT2D eigenvalue weighted by atomic mass is 16.3. The summed E-state index contributed by atoms with van der Waals surface area (Å²) in [6.07, 6.45) is 1.85. The van der Waals surface area contributed by atoms with Crippen molar-refractivity contribution in [1.29, 1.82) is 0 Å². The van der Waals surface area contributed by atoms with Gasteiger partial charge >= 0.3 is 0 Å². The molecule has 2 heteroatoms. The maximum Gasteiger partial charge on any atom is 0.0693 e. The topological polar surface area (TPSA) is 23.5 Å². The maximum atomic E-state index is 9.78. The molecule has 1 N–H and O–H groups in total. The quantitative estimate of drug-likeness (QED) is 0.813. The van der Waals surface area contributed by atoms with Crippen molar-refractivity contribution in [3.05, 3.63) is 35.9 Å². The van der Waals surface area contributed by atoms with Gasteiger partial charge in [-0.1, -0.05) is 37.3 Å². The third kappa shape index (κ3) is 2.39. The number of likely N-dealkylation sites (tertiary alicyclic amines) is 1. The Hall–Kier alpha value is -0.860. The Balaban J connectivity index is 1.91. The highest BCUT2D eigenvalue weighted by Gasteiger charge is 2.32. The lowest BCUT2D eigenvalue weighted by Crippen LogP contribution is -2.53. The van der Waals surface area contributed by atoms with Crippen molar-refractivity contribution in [1.82, 2.24) is 4.90 Å². The summed E-state index contributed by atoms with van der Waals surface area (Å²) in [5, 5.41) is 9.78. The minimum absolute atomic E-state index is 0.150. The Morgan fingerprint density at radius 2 is 2.13 bits per heavy atom. The fourth-order valence-electron chi connectivity index (χ4n) is 2.18. The summed E-state index contributed by atoms with van der Waals surface area (Å²) in [5.41, 5.74) is 1.34. The van der Waals surface area contributed by atoms with Crippen LogP contribution in [0.4, 0.5) is 0 Å². The average Bonchev–Trinajstić information content (AvgIpc) is 2.25. The van der Waals surface area contributed by atoms with Crippen LogP contribution >= 0.6 is 0 Å². The molecule has 2 nitrogen and oxygen atoms in total. The second-order valence-corrected chi connectivity index (χ2v) is 4.29. The fraction of sp³-hybridized carbons (Fsp3) is 0.538. The Kier molecular flexibility index (Phi) is 3.39. The fourth-order valence-corrected chi connectivity index (χ4v) is 2.18. The highest BCUT2D eigenvalue weighted by Crippen LogP contribution is 2.24. The van der Waals surface area contributed by atoms with E-state index in [4.69, 9.17) is 0 Å². The van der Waals surface area contributed by atoms with Gasteiger partial charge in [0.25, 0.3) is 0 Å². The second kappa shape index (κ2) is 4.77. The Morgan fingerprint density at radius 1 is 1.40 bits per heavy atom. The van der Waals surface area contributed by atoms with Crippen LogP contribution in [0.3, 0.4) is 0 Å². The number of hydrogen-bond donors (Lipinski definition) is 1. The van der Waals surface area contributed by atoms with E-state index in [1.54, 1.807) is 0 Å². The minimum Gasteiger partial charge on any atom is -0.392 e. The molecule has 1 aliphatic heterocycles. The molecule has 1 aliphatic rings. The van der Waals surface area contributed by atoms with Crippen molar-refractivity contribution < 1.29 is 5.11 Å². The van der Waals surface area contributed by atoms with Gasteiger partial charge in [-0.15, -0.1) is 0 Å². The molecule has 2 rings (SSSR count). The number of nitrogens with zero attached hydrogens (tertiary/aromatic N) is 1. The van der Waals surface area contributed by atoms with Crippen LogP contribution in [0.5, 0.6) is 0 Å². The summed E-state index contributed by atoms with van der Waals surface area (Å²) in [7, 11) is 0. The molecule has 1 fully saturated rings. The van der Waals surface area contributed by atoms with E-state index in [2.05, 4.69) is 29.2 Å².